The van der Waals surface area contributed by atoms with Gasteiger partial charge in [-0.1, -0.05) is 25.1 Å². The Hall–Kier alpha value is -1.77. The second kappa shape index (κ2) is 3.62. The van der Waals surface area contributed by atoms with Crippen molar-refractivity contribution in [1.29, 1.82) is 0 Å². The number of hydrogen-bond acceptors (Lipinski definition) is 1. The first kappa shape index (κ1) is 10.4. The highest BCUT2D eigenvalue weighted by atomic mass is 16.2. The molecule has 0 bridgehead atoms. The Labute approximate surface area is 101 Å². The summed E-state index contributed by atoms with van der Waals surface area (Å²) >= 11 is 0. The molecule has 88 valence electrons. The summed E-state index contributed by atoms with van der Waals surface area (Å²) in [7, 11) is 2.05. The van der Waals surface area contributed by atoms with Crippen LogP contribution in [0.15, 0.2) is 24.3 Å². The molecule has 0 radical (unpaired) electrons. The number of aryl methyl sites for hydroxylation is 1. The van der Waals surface area contributed by atoms with Gasteiger partial charge in [0.1, 0.15) is 0 Å². The Morgan fingerprint density at radius 1 is 1.29 bits per heavy atom. The molecule has 2 heterocycles. The molecule has 0 saturated heterocycles. The van der Waals surface area contributed by atoms with Crippen molar-refractivity contribution in [2.24, 2.45) is 7.05 Å². The zero-order chi connectivity index (χ0) is 12.0. The van der Waals surface area contributed by atoms with E-state index in [1.807, 2.05) is 30.1 Å². The second-order valence-corrected chi connectivity index (χ2v) is 4.62. The van der Waals surface area contributed by atoms with Crippen LogP contribution in [0.1, 0.15) is 29.4 Å². The lowest BCUT2D eigenvalue weighted by atomic mass is 10.1. The average Bonchev–Trinajstić information content (AvgIpc) is 2.80. The van der Waals surface area contributed by atoms with Crippen LogP contribution in [0.25, 0.3) is 10.9 Å². The largest absolute Gasteiger partial charge is 0.345 e. The molecule has 1 amide bonds. The summed E-state index contributed by atoms with van der Waals surface area (Å²) in [5.74, 6) is 0.193. The van der Waals surface area contributed by atoms with Gasteiger partial charge in [-0.25, -0.2) is 0 Å². The van der Waals surface area contributed by atoms with Crippen LogP contribution < -0.4 is 0 Å². The summed E-state index contributed by atoms with van der Waals surface area (Å²) in [6, 6.07) is 8.14. The number of carbonyl (C=O) groups excluding carboxylic acids is 1. The lowest BCUT2D eigenvalue weighted by Crippen LogP contribution is -2.25. The third kappa shape index (κ3) is 1.32. The zero-order valence-electron chi connectivity index (χ0n) is 10.2. The fourth-order valence-electron chi connectivity index (χ4n) is 2.73. The number of para-hydroxylation sites is 1. The molecule has 17 heavy (non-hydrogen) atoms. The molecule has 0 atom stereocenters. The van der Waals surface area contributed by atoms with Crippen LogP contribution >= 0.6 is 0 Å². The summed E-state index contributed by atoms with van der Waals surface area (Å²) in [5.41, 5.74) is 3.23. The topological polar surface area (TPSA) is 25.2 Å². The van der Waals surface area contributed by atoms with E-state index in [-0.39, 0.29) is 5.91 Å². The molecule has 1 aromatic heterocycles. The van der Waals surface area contributed by atoms with Gasteiger partial charge in [-0.2, -0.15) is 0 Å². The molecule has 0 aliphatic carbocycles. The Morgan fingerprint density at radius 2 is 2.06 bits per heavy atom. The maximum atomic E-state index is 12.3. The molecule has 1 aromatic carbocycles. The molecule has 0 saturated carbocycles. The van der Waals surface area contributed by atoms with Crippen molar-refractivity contribution in [2.45, 2.75) is 19.9 Å². The van der Waals surface area contributed by atoms with Crippen molar-refractivity contribution >= 4 is 16.8 Å². The Bertz CT molecular complexity index is 598. The predicted molar refractivity (Wildman–Crippen MR) is 68.0 cm³/mol. The van der Waals surface area contributed by atoms with E-state index >= 15 is 0 Å². The summed E-state index contributed by atoms with van der Waals surface area (Å²) in [5, 5.41) is 1.09. The monoisotopic (exact) mass is 228 g/mol. The van der Waals surface area contributed by atoms with Crippen molar-refractivity contribution in [2.75, 3.05) is 6.54 Å². The van der Waals surface area contributed by atoms with Gasteiger partial charge in [0.15, 0.2) is 0 Å². The molecule has 3 rings (SSSR count). The normalized spacial score (nSPS) is 14.7. The summed E-state index contributed by atoms with van der Waals surface area (Å²) in [6.07, 6.45) is 1.01. The molecule has 0 fully saturated rings. The first-order chi connectivity index (χ1) is 8.24. The first-order valence-corrected chi connectivity index (χ1v) is 6.09. The van der Waals surface area contributed by atoms with Crippen LogP contribution in [0.5, 0.6) is 0 Å². The number of fused-ring (bicyclic) bond motifs is 3. The predicted octanol–water partition coefficient (Wildman–Crippen LogP) is 2.54. The van der Waals surface area contributed by atoms with Crippen molar-refractivity contribution in [1.82, 2.24) is 9.47 Å². The molecular weight excluding hydrogens is 212 g/mol. The molecule has 2 aromatic rings. The Kier molecular flexibility index (Phi) is 2.21. The van der Waals surface area contributed by atoms with Gasteiger partial charge in [-0.15, -0.1) is 0 Å². The zero-order valence-corrected chi connectivity index (χ0v) is 10.2. The molecular formula is C14H16N2O. The van der Waals surface area contributed by atoms with Crippen molar-refractivity contribution in [3.8, 4) is 0 Å². The quantitative estimate of drug-likeness (QED) is 0.775. The Balaban J connectivity index is 2.19. The van der Waals surface area contributed by atoms with Crippen LogP contribution in [0.3, 0.4) is 0 Å². The third-order valence-corrected chi connectivity index (χ3v) is 3.56. The Morgan fingerprint density at radius 3 is 2.82 bits per heavy atom. The van der Waals surface area contributed by atoms with E-state index in [9.17, 15) is 4.79 Å². The molecule has 1 aliphatic heterocycles. The fourth-order valence-corrected chi connectivity index (χ4v) is 2.73. The van der Waals surface area contributed by atoms with Crippen LogP contribution in [-0.2, 0) is 13.6 Å². The van der Waals surface area contributed by atoms with Gasteiger partial charge >= 0.3 is 0 Å². The summed E-state index contributed by atoms with van der Waals surface area (Å²) in [4.78, 5) is 14.3. The van der Waals surface area contributed by atoms with E-state index in [0.29, 0.717) is 0 Å². The van der Waals surface area contributed by atoms with Gasteiger partial charge in [0, 0.05) is 24.5 Å². The number of nitrogens with zero attached hydrogens (tertiary/aromatic N) is 2. The summed E-state index contributed by atoms with van der Waals surface area (Å²) in [6.45, 7) is 3.71. The van der Waals surface area contributed by atoms with E-state index in [1.165, 1.54) is 0 Å². The van der Waals surface area contributed by atoms with Crippen molar-refractivity contribution < 1.29 is 4.79 Å². The molecule has 3 nitrogen and oxygen atoms in total. The van der Waals surface area contributed by atoms with Crippen LogP contribution in [0.4, 0.5) is 0 Å². The van der Waals surface area contributed by atoms with E-state index in [0.717, 1.165) is 41.7 Å². The third-order valence-electron chi connectivity index (χ3n) is 3.56. The molecule has 0 spiro atoms. The number of hydrogen-bond donors (Lipinski definition) is 0. The van der Waals surface area contributed by atoms with E-state index in [2.05, 4.69) is 17.6 Å². The standard InChI is InChI=1S/C14H16N2O/c1-3-8-16-9-12-13(14(16)17)10-6-4-5-7-11(10)15(12)2/h4-7H,3,8-9H2,1-2H3. The maximum absolute atomic E-state index is 12.3. The summed E-state index contributed by atoms with van der Waals surface area (Å²) < 4.78 is 2.15. The molecule has 0 unspecified atom stereocenters. The molecule has 1 aliphatic rings. The van der Waals surface area contributed by atoms with Gasteiger partial charge < -0.3 is 9.47 Å². The van der Waals surface area contributed by atoms with Gasteiger partial charge in [0.2, 0.25) is 0 Å². The van der Waals surface area contributed by atoms with Crippen molar-refractivity contribution in [3.63, 3.8) is 0 Å². The second-order valence-electron chi connectivity index (χ2n) is 4.62. The number of rotatable bonds is 2. The minimum Gasteiger partial charge on any atom is -0.345 e. The van der Waals surface area contributed by atoms with E-state index in [1.54, 1.807) is 0 Å². The highest BCUT2D eigenvalue weighted by molar-refractivity contribution is 6.10. The number of carbonyl (C=O) groups is 1. The van der Waals surface area contributed by atoms with Gasteiger partial charge in [0.25, 0.3) is 5.91 Å². The lowest BCUT2D eigenvalue weighted by Gasteiger charge is -2.15. The smallest absolute Gasteiger partial charge is 0.256 e. The SMILES string of the molecule is CCCN1Cc2c(c3ccccc3n2C)C1=O. The van der Waals surface area contributed by atoms with Crippen LogP contribution in [0.2, 0.25) is 0 Å². The van der Waals surface area contributed by atoms with Crippen LogP contribution in [0, 0.1) is 0 Å². The maximum Gasteiger partial charge on any atom is 0.256 e. The highest BCUT2D eigenvalue weighted by Crippen LogP contribution is 2.32. The highest BCUT2D eigenvalue weighted by Gasteiger charge is 2.31. The molecule has 3 heteroatoms. The lowest BCUT2D eigenvalue weighted by molar-refractivity contribution is 0.0779. The minimum atomic E-state index is 0.193. The van der Waals surface area contributed by atoms with E-state index in [4.69, 9.17) is 0 Å². The van der Waals surface area contributed by atoms with Crippen LogP contribution in [-0.4, -0.2) is 21.9 Å². The first-order valence-electron chi connectivity index (χ1n) is 6.09. The fraction of sp³-hybridized carbons (Fsp3) is 0.357. The van der Waals surface area contributed by atoms with Gasteiger partial charge in [-0.05, 0) is 12.5 Å². The molecule has 0 N–H and O–H groups in total. The van der Waals surface area contributed by atoms with E-state index < -0.39 is 0 Å². The minimum absolute atomic E-state index is 0.193. The number of benzene rings is 1. The van der Waals surface area contributed by atoms with Crippen molar-refractivity contribution in [3.05, 3.63) is 35.5 Å². The number of aromatic nitrogens is 1. The van der Waals surface area contributed by atoms with Gasteiger partial charge in [0.05, 0.1) is 17.8 Å². The average molecular weight is 228 g/mol. The number of amides is 1. The van der Waals surface area contributed by atoms with Gasteiger partial charge in [-0.3, -0.25) is 4.79 Å².